The van der Waals surface area contributed by atoms with Gasteiger partial charge in [0.1, 0.15) is 5.75 Å². The summed E-state index contributed by atoms with van der Waals surface area (Å²) in [6, 6.07) is 7.31. The zero-order valence-corrected chi connectivity index (χ0v) is 9.03. The molecule has 6 heteroatoms. The lowest BCUT2D eigenvalue weighted by atomic mass is 10.1. The van der Waals surface area contributed by atoms with Crippen LogP contribution in [0.2, 0.25) is 0 Å². The second-order valence-electron chi connectivity index (χ2n) is 3.16. The number of nitriles is 1. The van der Waals surface area contributed by atoms with E-state index < -0.39 is 15.9 Å². The zero-order chi connectivity index (χ0) is 12.2. The zero-order valence-electron chi connectivity index (χ0n) is 8.21. The highest BCUT2D eigenvalue weighted by molar-refractivity contribution is 7.84. The van der Waals surface area contributed by atoms with E-state index in [0.29, 0.717) is 11.1 Å². The maximum Gasteiger partial charge on any atom is 0.298 e. The molecule has 0 amide bonds. The second kappa shape index (κ2) is 4.88. The van der Waals surface area contributed by atoms with Crippen LogP contribution in [0.4, 0.5) is 0 Å². The molecular formula is C10H8NO4S. The van der Waals surface area contributed by atoms with Gasteiger partial charge in [-0.05, 0) is 5.56 Å². The number of hydrogen-bond acceptors (Lipinski definition) is 4. The third-order valence-corrected chi connectivity index (χ3v) is 2.55. The van der Waals surface area contributed by atoms with E-state index in [0.717, 1.165) is 0 Å². The molecule has 5 nitrogen and oxygen atoms in total. The Labute approximate surface area is 93.1 Å². The molecule has 0 spiro atoms. The molecule has 0 fully saturated rings. The highest BCUT2D eigenvalue weighted by Crippen LogP contribution is 2.09. The third-order valence-electron chi connectivity index (χ3n) is 1.86. The second-order valence-corrected chi connectivity index (χ2v) is 4.56. The molecule has 0 N–H and O–H groups in total. The Hall–Kier alpha value is -1.71. The minimum absolute atomic E-state index is 0.223. The maximum absolute atomic E-state index is 11.2. The van der Waals surface area contributed by atoms with Gasteiger partial charge in [-0.15, -0.1) is 0 Å². The number of carbonyl (C=O) groups excluding carboxylic acids is 1. The standard InChI is InChI=1S/C10H8NO4S/c11-6-5-10(12)9-3-1-8(2-4-9)7-16(13,14)15/h1-4H,5,7H2. The summed E-state index contributed by atoms with van der Waals surface area (Å²) in [5.74, 6) is -0.932. The van der Waals surface area contributed by atoms with Gasteiger partial charge in [-0.25, -0.2) is 0 Å². The topological polar surface area (TPSA) is 94.9 Å². The van der Waals surface area contributed by atoms with Crippen molar-refractivity contribution < 1.29 is 17.8 Å². The first-order chi connectivity index (χ1) is 7.42. The van der Waals surface area contributed by atoms with Gasteiger partial charge in [0.2, 0.25) is 0 Å². The third kappa shape index (κ3) is 3.81. The highest BCUT2D eigenvalue weighted by Gasteiger charge is 2.10. The van der Waals surface area contributed by atoms with Crippen molar-refractivity contribution in [3.05, 3.63) is 35.4 Å². The Morgan fingerprint density at radius 3 is 2.25 bits per heavy atom. The first-order valence-corrected chi connectivity index (χ1v) is 5.93. The molecule has 1 aromatic rings. The fourth-order valence-electron chi connectivity index (χ4n) is 1.16. The molecule has 0 aromatic heterocycles. The van der Waals surface area contributed by atoms with Gasteiger partial charge >= 0.3 is 0 Å². The monoisotopic (exact) mass is 238 g/mol. The van der Waals surface area contributed by atoms with Crippen LogP contribution in [0, 0.1) is 11.3 Å². The molecule has 0 aliphatic carbocycles. The molecule has 0 aliphatic heterocycles. The van der Waals surface area contributed by atoms with Gasteiger partial charge in [-0.3, -0.25) is 4.79 Å². The van der Waals surface area contributed by atoms with Crippen LogP contribution in [0.5, 0.6) is 0 Å². The summed E-state index contributed by atoms with van der Waals surface area (Å²) in [6.45, 7) is 0. The Morgan fingerprint density at radius 1 is 1.25 bits per heavy atom. The molecule has 83 valence electrons. The predicted molar refractivity (Wildman–Crippen MR) is 54.3 cm³/mol. The van der Waals surface area contributed by atoms with Crippen molar-refractivity contribution in [2.45, 2.75) is 12.2 Å². The SMILES string of the molecule is N#CCC(=O)c1ccc(CS([O])(=O)=O)cc1. The molecule has 0 saturated carbocycles. The summed E-state index contributed by atoms with van der Waals surface area (Å²) >= 11 is 0. The van der Waals surface area contributed by atoms with Crippen LogP contribution in [0.1, 0.15) is 22.3 Å². The molecule has 0 saturated heterocycles. The van der Waals surface area contributed by atoms with Gasteiger partial charge in [-0.2, -0.15) is 13.7 Å². The van der Waals surface area contributed by atoms with E-state index in [1.54, 1.807) is 6.07 Å². The lowest BCUT2D eigenvalue weighted by Crippen LogP contribution is -2.01. The van der Waals surface area contributed by atoms with Crippen LogP contribution >= 0.6 is 0 Å². The molecule has 0 bridgehead atoms. The minimum atomic E-state index is -4.31. The highest BCUT2D eigenvalue weighted by atomic mass is 32.2. The van der Waals surface area contributed by atoms with Gasteiger partial charge in [0.05, 0.1) is 12.5 Å². The van der Waals surface area contributed by atoms with E-state index in [1.807, 2.05) is 0 Å². The molecule has 1 radical (unpaired) electrons. The van der Waals surface area contributed by atoms with Crippen LogP contribution in [-0.2, 0) is 20.4 Å². The number of Topliss-reactive ketones (excluding diaryl/α,β-unsaturated/α-hetero) is 1. The van der Waals surface area contributed by atoms with Gasteiger partial charge in [0.25, 0.3) is 10.1 Å². The maximum atomic E-state index is 11.2. The first-order valence-electron chi connectivity index (χ1n) is 4.35. The van der Waals surface area contributed by atoms with Crippen molar-refractivity contribution in [1.82, 2.24) is 0 Å². The number of hydrogen-bond donors (Lipinski definition) is 0. The lowest BCUT2D eigenvalue weighted by Gasteiger charge is -1.99. The van der Waals surface area contributed by atoms with Crippen molar-refractivity contribution >= 4 is 15.9 Å². The van der Waals surface area contributed by atoms with Crippen molar-refractivity contribution in [1.29, 1.82) is 5.26 Å². The predicted octanol–water partition coefficient (Wildman–Crippen LogP) is 1.04. The Bertz CT molecular complexity index is 525. The first kappa shape index (κ1) is 12.4. The molecule has 0 heterocycles. The molecule has 0 aliphatic rings. The van der Waals surface area contributed by atoms with Crippen LogP contribution in [0.3, 0.4) is 0 Å². The number of benzene rings is 1. The number of ketones is 1. The summed E-state index contributed by atoms with van der Waals surface area (Å²) in [6.07, 6.45) is -0.223. The van der Waals surface area contributed by atoms with Crippen LogP contribution < -0.4 is 0 Å². The van der Waals surface area contributed by atoms with E-state index >= 15 is 0 Å². The molecule has 16 heavy (non-hydrogen) atoms. The fourth-order valence-corrected chi connectivity index (χ4v) is 1.77. The molecule has 0 unspecified atom stereocenters. The summed E-state index contributed by atoms with van der Waals surface area (Å²) in [5, 5.41) is 8.31. The van der Waals surface area contributed by atoms with Crippen molar-refractivity contribution in [3.63, 3.8) is 0 Å². The van der Waals surface area contributed by atoms with E-state index in [1.165, 1.54) is 24.3 Å². The quantitative estimate of drug-likeness (QED) is 0.732. The molecule has 1 rings (SSSR count). The van der Waals surface area contributed by atoms with Gasteiger partial charge in [-0.1, -0.05) is 28.8 Å². The van der Waals surface area contributed by atoms with Crippen molar-refractivity contribution in [2.24, 2.45) is 0 Å². The summed E-state index contributed by atoms with van der Waals surface area (Å²) in [5.41, 5.74) is 0.650. The number of rotatable bonds is 4. The van der Waals surface area contributed by atoms with E-state index in [4.69, 9.17) is 5.26 Å². The molecule has 0 atom stereocenters. The summed E-state index contributed by atoms with van der Waals surface area (Å²) < 4.78 is 31.4. The molecular weight excluding hydrogens is 230 g/mol. The van der Waals surface area contributed by atoms with Crippen molar-refractivity contribution in [3.8, 4) is 6.07 Å². The van der Waals surface area contributed by atoms with E-state index in [2.05, 4.69) is 0 Å². The molecule has 1 aromatic carbocycles. The Balaban J connectivity index is 2.84. The van der Waals surface area contributed by atoms with Gasteiger partial charge < -0.3 is 0 Å². The average Bonchev–Trinajstić information content (AvgIpc) is 2.16. The normalized spacial score (nSPS) is 10.8. The number of nitrogens with zero attached hydrogens (tertiary/aromatic N) is 1. The summed E-state index contributed by atoms with van der Waals surface area (Å²) in [4.78, 5) is 11.2. The van der Waals surface area contributed by atoms with E-state index in [9.17, 15) is 17.8 Å². The Morgan fingerprint density at radius 2 is 1.81 bits per heavy atom. The average molecular weight is 238 g/mol. The smallest absolute Gasteiger partial charge is 0.293 e. The number of carbonyl (C=O) groups is 1. The van der Waals surface area contributed by atoms with Crippen LogP contribution in [0.15, 0.2) is 24.3 Å². The fraction of sp³-hybridized carbons (Fsp3) is 0.200. The van der Waals surface area contributed by atoms with E-state index in [-0.39, 0.29) is 12.2 Å². The lowest BCUT2D eigenvalue weighted by molar-refractivity contribution is 0.0997. The largest absolute Gasteiger partial charge is 0.298 e. The van der Waals surface area contributed by atoms with Crippen LogP contribution in [-0.4, -0.2) is 14.2 Å². The van der Waals surface area contributed by atoms with Crippen LogP contribution in [0.25, 0.3) is 0 Å². The van der Waals surface area contributed by atoms with Crippen molar-refractivity contribution in [2.75, 3.05) is 0 Å². The Kier molecular flexibility index (Phi) is 3.77. The summed E-state index contributed by atoms with van der Waals surface area (Å²) in [7, 11) is -4.31. The van der Waals surface area contributed by atoms with Gasteiger partial charge in [0.15, 0.2) is 5.78 Å². The van der Waals surface area contributed by atoms with Gasteiger partial charge in [0, 0.05) is 5.56 Å². The minimum Gasteiger partial charge on any atom is -0.293 e.